The zero-order valence-electron chi connectivity index (χ0n) is 5.43. The van der Waals surface area contributed by atoms with E-state index in [1.165, 1.54) is 6.42 Å². The summed E-state index contributed by atoms with van der Waals surface area (Å²) in [7, 11) is 2.75. The van der Waals surface area contributed by atoms with Gasteiger partial charge in [0.1, 0.15) is 0 Å². The van der Waals surface area contributed by atoms with Gasteiger partial charge in [0.05, 0.1) is 0 Å². The highest BCUT2D eigenvalue weighted by Crippen LogP contribution is 2.07. The Balaban J connectivity index is 2.72. The Hall–Kier alpha value is 0.390. The molecule has 0 aromatic rings. The summed E-state index contributed by atoms with van der Waals surface area (Å²) in [4.78, 5) is 0. The summed E-state index contributed by atoms with van der Waals surface area (Å²) in [5.41, 5.74) is 0.710. The molecule has 0 aliphatic carbocycles. The molecule has 0 aliphatic rings. The Labute approximate surface area is 53.7 Å². The largest absolute Gasteiger partial charge is 0.396 e. The van der Waals surface area contributed by atoms with Crippen molar-refractivity contribution in [1.82, 2.24) is 0 Å². The molecule has 0 saturated carbocycles. The maximum Gasteiger partial charge on any atom is 0.0431 e. The second kappa shape index (κ2) is 5.53. The quantitative estimate of drug-likeness (QED) is 0.455. The Bertz CT molecular complexity index is 45.8. The van der Waals surface area contributed by atoms with Gasteiger partial charge < -0.3 is 5.11 Å². The van der Waals surface area contributed by atoms with Gasteiger partial charge in [-0.3, -0.25) is 0 Å². The lowest BCUT2D eigenvalue weighted by atomic mass is 10.2. The number of aliphatic hydroxyl groups excluding tert-OH is 1. The molecule has 2 atom stereocenters. The number of hydrogen-bond donors (Lipinski definition) is 1. The molecule has 0 rings (SSSR count). The molecule has 0 heterocycles. The maximum atomic E-state index is 8.37. The van der Waals surface area contributed by atoms with Crippen LogP contribution in [0, 0.1) is 0 Å². The fourth-order valence-electron chi connectivity index (χ4n) is 0.578. The number of aliphatic hydroxyl groups is 1. The van der Waals surface area contributed by atoms with Crippen molar-refractivity contribution in [3.8, 4) is 0 Å². The Morgan fingerprint density at radius 2 is 2.12 bits per heavy atom. The molecule has 1 nitrogen and oxygen atoms in total. The SMILES string of the molecule is CC(P)CCCCO. The molecular weight excluding hydrogens is 119 g/mol. The fourth-order valence-corrected chi connectivity index (χ4v) is 0.814. The van der Waals surface area contributed by atoms with E-state index < -0.39 is 0 Å². The van der Waals surface area contributed by atoms with E-state index in [0.717, 1.165) is 12.8 Å². The summed E-state index contributed by atoms with van der Waals surface area (Å²) >= 11 is 0. The van der Waals surface area contributed by atoms with Gasteiger partial charge in [-0.05, 0) is 18.5 Å². The van der Waals surface area contributed by atoms with Crippen molar-refractivity contribution in [1.29, 1.82) is 0 Å². The van der Waals surface area contributed by atoms with Gasteiger partial charge >= 0.3 is 0 Å². The zero-order chi connectivity index (χ0) is 6.41. The molecule has 2 unspecified atom stereocenters. The third-order valence-corrected chi connectivity index (χ3v) is 1.40. The van der Waals surface area contributed by atoms with E-state index >= 15 is 0 Å². The topological polar surface area (TPSA) is 20.2 Å². The Morgan fingerprint density at radius 1 is 1.50 bits per heavy atom. The third-order valence-electron chi connectivity index (χ3n) is 1.07. The van der Waals surface area contributed by atoms with Crippen LogP contribution in [0.4, 0.5) is 0 Å². The van der Waals surface area contributed by atoms with E-state index in [4.69, 9.17) is 5.11 Å². The Kier molecular flexibility index (Phi) is 5.79. The lowest BCUT2D eigenvalue weighted by Crippen LogP contribution is -1.90. The van der Waals surface area contributed by atoms with E-state index in [1.54, 1.807) is 0 Å². The van der Waals surface area contributed by atoms with Gasteiger partial charge in [0.25, 0.3) is 0 Å². The molecule has 0 bridgehead atoms. The minimum absolute atomic E-state index is 0.345. The number of hydrogen-bond acceptors (Lipinski definition) is 1. The summed E-state index contributed by atoms with van der Waals surface area (Å²) in [6, 6.07) is 0. The van der Waals surface area contributed by atoms with Gasteiger partial charge in [-0.2, -0.15) is 0 Å². The van der Waals surface area contributed by atoms with Gasteiger partial charge in [-0.15, -0.1) is 9.24 Å². The highest BCUT2D eigenvalue weighted by molar-refractivity contribution is 7.17. The van der Waals surface area contributed by atoms with Crippen LogP contribution in [0.2, 0.25) is 0 Å². The van der Waals surface area contributed by atoms with E-state index in [1.807, 2.05) is 0 Å². The van der Waals surface area contributed by atoms with Crippen LogP contribution in [-0.4, -0.2) is 17.4 Å². The van der Waals surface area contributed by atoms with Crippen LogP contribution in [0.3, 0.4) is 0 Å². The van der Waals surface area contributed by atoms with Gasteiger partial charge in [-0.1, -0.05) is 13.3 Å². The zero-order valence-corrected chi connectivity index (χ0v) is 6.59. The summed E-state index contributed by atoms with van der Waals surface area (Å²) in [5.74, 6) is 0. The van der Waals surface area contributed by atoms with Crippen molar-refractivity contribution in [2.75, 3.05) is 6.61 Å². The van der Waals surface area contributed by atoms with Crippen LogP contribution in [-0.2, 0) is 0 Å². The van der Waals surface area contributed by atoms with Crippen LogP contribution in [0.1, 0.15) is 26.2 Å². The van der Waals surface area contributed by atoms with Crippen molar-refractivity contribution in [3.63, 3.8) is 0 Å². The highest BCUT2D eigenvalue weighted by atomic mass is 31.0. The molecule has 8 heavy (non-hydrogen) atoms. The molecule has 0 saturated heterocycles. The first kappa shape index (κ1) is 8.39. The first-order chi connectivity index (χ1) is 3.77. The third kappa shape index (κ3) is 6.39. The molecular formula is C6H15OP. The minimum atomic E-state index is 0.345. The second-order valence-electron chi connectivity index (χ2n) is 2.20. The first-order valence-corrected chi connectivity index (χ1v) is 3.80. The van der Waals surface area contributed by atoms with Crippen molar-refractivity contribution in [3.05, 3.63) is 0 Å². The number of unbranched alkanes of at least 4 members (excludes halogenated alkanes) is 1. The standard InChI is InChI=1S/C6H15OP/c1-6(8)4-2-3-5-7/h6-7H,2-5,8H2,1H3. The normalized spacial score (nSPS) is 13.9. The van der Waals surface area contributed by atoms with Crippen molar-refractivity contribution < 1.29 is 5.11 Å². The van der Waals surface area contributed by atoms with Crippen molar-refractivity contribution in [2.45, 2.75) is 31.8 Å². The van der Waals surface area contributed by atoms with Gasteiger partial charge in [0.15, 0.2) is 0 Å². The summed E-state index contributed by atoms with van der Waals surface area (Å²) in [6.45, 7) is 2.51. The molecule has 0 radical (unpaired) electrons. The average molecular weight is 134 g/mol. The van der Waals surface area contributed by atoms with Crippen LogP contribution in [0.25, 0.3) is 0 Å². The van der Waals surface area contributed by atoms with Crippen LogP contribution >= 0.6 is 9.24 Å². The van der Waals surface area contributed by atoms with E-state index in [9.17, 15) is 0 Å². The van der Waals surface area contributed by atoms with E-state index in [0.29, 0.717) is 12.3 Å². The predicted octanol–water partition coefficient (Wildman–Crippen LogP) is 1.41. The van der Waals surface area contributed by atoms with E-state index in [2.05, 4.69) is 16.2 Å². The van der Waals surface area contributed by atoms with Crippen molar-refractivity contribution in [2.24, 2.45) is 0 Å². The van der Waals surface area contributed by atoms with Crippen LogP contribution in [0.5, 0.6) is 0 Å². The number of rotatable bonds is 4. The summed E-state index contributed by atoms with van der Waals surface area (Å²) in [6.07, 6.45) is 3.32. The van der Waals surface area contributed by atoms with Crippen molar-refractivity contribution >= 4 is 9.24 Å². The average Bonchev–Trinajstić information content (AvgIpc) is 1.66. The fraction of sp³-hybridized carbons (Fsp3) is 1.00. The molecule has 0 amide bonds. The van der Waals surface area contributed by atoms with E-state index in [-0.39, 0.29) is 0 Å². The Morgan fingerprint density at radius 3 is 2.50 bits per heavy atom. The van der Waals surface area contributed by atoms with Crippen LogP contribution < -0.4 is 0 Å². The molecule has 0 spiro atoms. The van der Waals surface area contributed by atoms with Gasteiger partial charge in [0.2, 0.25) is 0 Å². The molecule has 0 aromatic carbocycles. The summed E-state index contributed by atoms with van der Waals surface area (Å²) < 4.78 is 0. The minimum Gasteiger partial charge on any atom is -0.396 e. The molecule has 50 valence electrons. The second-order valence-corrected chi connectivity index (χ2v) is 3.33. The first-order valence-electron chi connectivity index (χ1n) is 3.14. The smallest absolute Gasteiger partial charge is 0.0431 e. The highest BCUT2D eigenvalue weighted by Gasteiger charge is 1.91. The summed E-state index contributed by atoms with van der Waals surface area (Å²) in [5, 5.41) is 8.37. The lowest BCUT2D eigenvalue weighted by molar-refractivity contribution is 0.283. The molecule has 0 fully saturated rings. The van der Waals surface area contributed by atoms with Gasteiger partial charge in [0, 0.05) is 6.61 Å². The predicted molar refractivity (Wildman–Crippen MR) is 40.1 cm³/mol. The van der Waals surface area contributed by atoms with Crippen LogP contribution in [0.15, 0.2) is 0 Å². The molecule has 0 aliphatic heterocycles. The lowest BCUT2D eigenvalue weighted by Gasteiger charge is -2.00. The monoisotopic (exact) mass is 134 g/mol. The van der Waals surface area contributed by atoms with Gasteiger partial charge in [-0.25, -0.2) is 0 Å². The maximum absolute atomic E-state index is 8.37. The molecule has 1 N–H and O–H groups in total. The molecule has 0 aromatic heterocycles. The molecule has 2 heteroatoms.